The Kier molecular flexibility index (Phi) is 4.97. The summed E-state index contributed by atoms with van der Waals surface area (Å²) in [5, 5.41) is 0. The zero-order valence-corrected chi connectivity index (χ0v) is 13.9. The van der Waals surface area contributed by atoms with Gasteiger partial charge >= 0.3 is 0 Å². The molecular formula is C16H23ClFN3O. The molecule has 1 fully saturated rings. The summed E-state index contributed by atoms with van der Waals surface area (Å²) in [7, 11) is 0. The number of carbonyl (C=O) groups excluding carboxylic acids is 1. The van der Waals surface area contributed by atoms with Gasteiger partial charge in [0.15, 0.2) is 0 Å². The lowest BCUT2D eigenvalue weighted by Crippen LogP contribution is -2.39. The summed E-state index contributed by atoms with van der Waals surface area (Å²) < 4.78 is 14.8. The summed E-state index contributed by atoms with van der Waals surface area (Å²) in [6.07, 6.45) is 3.73. The van der Waals surface area contributed by atoms with Gasteiger partial charge in [-0.1, -0.05) is 0 Å². The highest BCUT2D eigenvalue weighted by molar-refractivity contribution is 5.98. The van der Waals surface area contributed by atoms with Gasteiger partial charge in [-0.25, -0.2) is 4.39 Å². The second kappa shape index (κ2) is 6.42. The fraction of sp³-hybridized carbons (Fsp3) is 0.562. The summed E-state index contributed by atoms with van der Waals surface area (Å²) >= 11 is 0. The minimum Gasteiger partial charge on any atom is -0.344 e. The van der Waals surface area contributed by atoms with Crippen molar-refractivity contribution in [3.05, 3.63) is 34.4 Å². The molecule has 1 amide bonds. The Labute approximate surface area is 136 Å². The molecule has 1 aromatic heterocycles. The number of fused-ring (bicyclic) bond motifs is 1. The van der Waals surface area contributed by atoms with Gasteiger partial charge in [0.2, 0.25) is 0 Å². The first kappa shape index (κ1) is 17.0. The Morgan fingerprint density at radius 1 is 1.36 bits per heavy atom. The van der Waals surface area contributed by atoms with Gasteiger partial charge in [0.25, 0.3) is 5.91 Å². The average molecular weight is 328 g/mol. The van der Waals surface area contributed by atoms with Crippen molar-refractivity contribution >= 4 is 18.3 Å². The van der Waals surface area contributed by atoms with E-state index in [1.54, 1.807) is 0 Å². The first-order chi connectivity index (χ1) is 10.1. The van der Waals surface area contributed by atoms with Crippen LogP contribution in [0.15, 0.2) is 11.9 Å². The van der Waals surface area contributed by atoms with Crippen molar-refractivity contribution in [3.63, 3.8) is 0 Å². The highest BCUT2D eigenvalue weighted by atomic mass is 35.5. The normalized spacial score (nSPS) is 18.3. The molecule has 0 aromatic carbocycles. The van der Waals surface area contributed by atoms with E-state index in [0.29, 0.717) is 24.5 Å². The molecule has 1 aromatic rings. The Morgan fingerprint density at radius 3 is 2.59 bits per heavy atom. The van der Waals surface area contributed by atoms with Gasteiger partial charge in [-0.3, -0.25) is 4.79 Å². The molecule has 3 rings (SSSR count). The van der Waals surface area contributed by atoms with Crippen LogP contribution < -0.4 is 5.73 Å². The molecule has 1 saturated carbocycles. The molecule has 4 nitrogen and oxygen atoms in total. The number of halogens is 2. The Hall–Kier alpha value is -1.33. The molecule has 0 atom stereocenters. The number of carbonyl (C=O) groups is 1. The third kappa shape index (κ3) is 2.68. The largest absolute Gasteiger partial charge is 0.344 e. The van der Waals surface area contributed by atoms with Crippen molar-refractivity contribution in [2.45, 2.75) is 45.7 Å². The molecule has 2 heterocycles. The highest BCUT2D eigenvalue weighted by Crippen LogP contribution is 2.35. The Bertz CT molecular complexity index is 619. The first-order valence-electron chi connectivity index (χ1n) is 7.56. The lowest BCUT2D eigenvalue weighted by molar-refractivity contribution is 0.0726. The van der Waals surface area contributed by atoms with E-state index in [1.807, 2.05) is 23.3 Å². The molecular weight excluding hydrogens is 305 g/mol. The van der Waals surface area contributed by atoms with Crippen LogP contribution >= 0.6 is 12.4 Å². The zero-order chi connectivity index (χ0) is 15.1. The predicted octanol–water partition coefficient (Wildman–Crippen LogP) is 2.50. The molecule has 0 saturated heterocycles. The number of hydrogen-bond donors (Lipinski definition) is 1. The maximum absolute atomic E-state index is 12.8. The molecule has 1 aliphatic heterocycles. The second-order valence-corrected chi connectivity index (χ2v) is 6.06. The van der Waals surface area contributed by atoms with Crippen LogP contribution in [0.4, 0.5) is 4.39 Å². The lowest BCUT2D eigenvalue weighted by atomic mass is 10.00. The van der Waals surface area contributed by atoms with Crippen molar-refractivity contribution in [1.29, 1.82) is 0 Å². The van der Waals surface area contributed by atoms with Crippen LogP contribution in [0.1, 0.15) is 40.2 Å². The number of rotatable bonds is 4. The fourth-order valence-electron chi connectivity index (χ4n) is 3.33. The van der Waals surface area contributed by atoms with Gasteiger partial charge in [0, 0.05) is 37.1 Å². The van der Waals surface area contributed by atoms with Crippen molar-refractivity contribution < 1.29 is 9.18 Å². The van der Waals surface area contributed by atoms with Crippen molar-refractivity contribution in [2.24, 2.45) is 5.73 Å². The van der Waals surface area contributed by atoms with E-state index in [4.69, 9.17) is 5.73 Å². The standard InChI is InChI=1S/C16H22FN3O.ClH/c1-10-14-5-6-19(13-3-4-13)16(21)15(14)11(2)20(10)9-12(7-17)8-18;/h7,13H,3-6,8-9,18H2,1-2H3;1H. The molecule has 122 valence electrons. The zero-order valence-electron chi connectivity index (χ0n) is 13.1. The van der Waals surface area contributed by atoms with Crippen LogP contribution in [0.3, 0.4) is 0 Å². The topological polar surface area (TPSA) is 51.3 Å². The van der Waals surface area contributed by atoms with E-state index >= 15 is 0 Å². The third-order valence-electron chi connectivity index (χ3n) is 4.75. The van der Waals surface area contributed by atoms with E-state index in [-0.39, 0.29) is 24.9 Å². The van der Waals surface area contributed by atoms with Crippen LogP contribution in [0.25, 0.3) is 0 Å². The SMILES string of the molecule is Cc1c2c(c(C)n1CC(=CF)CN)C(=O)N(C1CC1)CC2.Cl. The Morgan fingerprint density at radius 2 is 2.05 bits per heavy atom. The van der Waals surface area contributed by atoms with Gasteiger partial charge in [0.05, 0.1) is 11.9 Å². The number of nitrogens with zero attached hydrogens (tertiary/aromatic N) is 2. The second-order valence-electron chi connectivity index (χ2n) is 6.06. The Balaban J connectivity index is 0.00000176. The molecule has 0 unspecified atom stereocenters. The first-order valence-corrected chi connectivity index (χ1v) is 7.56. The van der Waals surface area contributed by atoms with Crippen LogP contribution in [0.5, 0.6) is 0 Å². The summed E-state index contributed by atoms with van der Waals surface area (Å²) in [5.74, 6) is 0.150. The summed E-state index contributed by atoms with van der Waals surface area (Å²) in [6, 6.07) is 0.444. The van der Waals surface area contributed by atoms with Gasteiger partial charge in [-0.05, 0) is 44.2 Å². The van der Waals surface area contributed by atoms with E-state index in [1.165, 1.54) is 0 Å². The molecule has 1 aliphatic carbocycles. The predicted molar refractivity (Wildman–Crippen MR) is 87.2 cm³/mol. The number of aromatic nitrogens is 1. The smallest absolute Gasteiger partial charge is 0.256 e. The summed E-state index contributed by atoms with van der Waals surface area (Å²) in [5.41, 5.74) is 10.1. The quantitative estimate of drug-likeness (QED) is 0.923. The summed E-state index contributed by atoms with van der Waals surface area (Å²) in [6.45, 7) is 5.39. The molecule has 0 spiro atoms. The minimum absolute atomic E-state index is 0. The molecule has 2 N–H and O–H groups in total. The maximum Gasteiger partial charge on any atom is 0.256 e. The number of hydrogen-bond acceptors (Lipinski definition) is 2. The average Bonchev–Trinajstić information content (AvgIpc) is 3.28. The molecule has 2 aliphatic rings. The van der Waals surface area contributed by atoms with Gasteiger partial charge in [-0.2, -0.15) is 0 Å². The minimum atomic E-state index is 0. The van der Waals surface area contributed by atoms with Gasteiger partial charge in [-0.15, -0.1) is 12.4 Å². The molecule has 6 heteroatoms. The van der Waals surface area contributed by atoms with E-state index in [2.05, 4.69) is 0 Å². The van der Waals surface area contributed by atoms with Crippen molar-refractivity contribution in [2.75, 3.05) is 13.1 Å². The van der Waals surface area contributed by atoms with Crippen molar-refractivity contribution in [3.8, 4) is 0 Å². The molecule has 22 heavy (non-hydrogen) atoms. The van der Waals surface area contributed by atoms with Crippen molar-refractivity contribution in [1.82, 2.24) is 9.47 Å². The fourth-order valence-corrected chi connectivity index (χ4v) is 3.33. The van der Waals surface area contributed by atoms with Crippen LogP contribution in [-0.2, 0) is 13.0 Å². The van der Waals surface area contributed by atoms with Crippen LogP contribution in [-0.4, -0.2) is 34.5 Å². The van der Waals surface area contributed by atoms with Crippen LogP contribution in [0, 0.1) is 13.8 Å². The van der Waals surface area contributed by atoms with Gasteiger partial charge < -0.3 is 15.2 Å². The van der Waals surface area contributed by atoms with E-state index in [9.17, 15) is 9.18 Å². The monoisotopic (exact) mass is 327 g/mol. The molecule has 0 bridgehead atoms. The number of amides is 1. The summed E-state index contributed by atoms with van der Waals surface area (Å²) in [4.78, 5) is 14.7. The lowest BCUT2D eigenvalue weighted by Gasteiger charge is -2.27. The van der Waals surface area contributed by atoms with E-state index in [0.717, 1.165) is 48.3 Å². The van der Waals surface area contributed by atoms with Crippen LogP contribution in [0.2, 0.25) is 0 Å². The third-order valence-corrected chi connectivity index (χ3v) is 4.75. The van der Waals surface area contributed by atoms with E-state index < -0.39 is 0 Å². The molecule has 0 radical (unpaired) electrons. The maximum atomic E-state index is 12.8. The highest BCUT2D eigenvalue weighted by Gasteiger charge is 2.38. The van der Waals surface area contributed by atoms with Gasteiger partial charge in [0.1, 0.15) is 0 Å². The number of nitrogens with two attached hydrogens (primary N) is 1.